The Morgan fingerprint density at radius 1 is 0.952 bits per heavy atom. The van der Waals surface area contributed by atoms with E-state index in [0.717, 1.165) is 17.8 Å². The summed E-state index contributed by atoms with van der Waals surface area (Å²) in [6.45, 7) is 8.45. The van der Waals surface area contributed by atoms with Crippen LogP contribution in [0, 0.1) is 20.8 Å². The van der Waals surface area contributed by atoms with Crippen molar-refractivity contribution >= 4 is 28.7 Å². The standard InChI is InChI=1S/C18H22N2S/c1-5-15-6-8-16(9-7-15)19-18(21)20-17-13(3)10-12(2)11-14(17)4/h6-11H,5H2,1-4H3,(H2,19,20,21). The average Bonchev–Trinajstić information content (AvgIpc) is 2.43. The SMILES string of the molecule is CCc1ccc(NC(=S)Nc2c(C)cc(C)cc2C)cc1. The second-order valence-electron chi connectivity index (χ2n) is 5.40. The van der Waals surface area contributed by atoms with Crippen molar-refractivity contribution in [2.45, 2.75) is 34.1 Å². The number of anilines is 2. The molecule has 0 saturated carbocycles. The van der Waals surface area contributed by atoms with Crippen molar-refractivity contribution in [1.29, 1.82) is 0 Å². The van der Waals surface area contributed by atoms with Crippen molar-refractivity contribution in [3.05, 3.63) is 58.7 Å². The first-order valence-electron chi connectivity index (χ1n) is 7.24. The number of benzene rings is 2. The van der Waals surface area contributed by atoms with E-state index in [1.165, 1.54) is 22.3 Å². The van der Waals surface area contributed by atoms with Gasteiger partial charge in [0.25, 0.3) is 0 Å². The van der Waals surface area contributed by atoms with Crippen LogP contribution in [-0.4, -0.2) is 5.11 Å². The van der Waals surface area contributed by atoms with Crippen LogP contribution in [-0.2, 0) is 6.42 Å². The smallest absolute Gasteiger partial charge is 0.175 e. The first kappa shape index (κ1) is 15.5. The predicted molar refractivity (Wildman–Crippen MR) is 96.3 cm³/mol. The molecule has 2 nitrogen and oxygen atoms in total. The molecule has 2 rings (SSSR count). The molecule has 21 heavy (non-hydrogen) atoms. The van der Waals surface area contributed by atoms with Gasteiger partial charge in [-0.1, -0.05) is 36.8 Å². The number of nitrogens with one attached hydrogen (secondary N) is 2. The fraction of sp³-hybridized carbons (Fsp3) is 0.278. The summed E-state index contributed by atoms with van der Waals surface area (Å²) >= 11 is 5.41. The van der Waals surface area contributed by atoms with Crippen LogP contribution in [0.1, 0.15) is 29.2 Å². The zero-order valence-electron chi connectivity index (χ0n) is 13.1. The number of rotatable bonds is 3. The highest BCUT2D eigenvalue weighted by Crippen LogP contribution is 2.22. The minimum atomic E-state index is 0.620. The van der Waals surface area contributed by atoms with E-state index in [1.807, 2.05) is 0 Å². The normalized spacial score (nSPS) is 10.3. The Labute approximate surface area is 132 Å². The molecule has 0 fully saturated rings. The van der Waals surface area contributed by atoms with Crippen LogP contribution in [0.5, 0.6) is 0 Å². The molecule has 0 amide bonds. The zero-order valence-corrected chi connectivity index (χ0v) is 13.9. The summed E-state index contributed by atoms with van der Waals surface area (Å²) in [7, 11) is 0. The number of aryl methyl sites for hydroxylation is 4. The summed E-state index contributed by atoms with van der Waals surface area (Å²) in [6.07, 6.45) is 1.05. The molecule has 0 aliphatic heterocycles. The van der Waals surface area contributed by atoms with Gasteiger partial charge in [-0.2, -0.15) is 0 Å². The Balaban J connectivity index is 2.08. The van der Waals surface area contributed by atoms with Crippen molar-refractivity contribution in [3.63, 3.8) is 0 Å². The number of thiocarbonyl (C=S) groups is 1. The summed E-state index contributed by atoms with van der Waals surface area (Å²) in [6, 6.07) is 12.7. The molecule has 0 heterocycles. The minimum absolute atomic E-state index is 0.620. The van der Waals surface area contributed by atoms with Crippen molar-refractivity contribution in [2.75, 3.05) is 10.6 Å². The molecule has 0 aliphatic rings. The largest absolute Gasteiger partial charge is 0.332 e. The molecule has 2 aromatic carbocycles. The van der Waals surface area contributed by atoms with Gasteiger partial charge >= 0.3 is 0 Å². The topological polar surface area (TPSA) is 24.1 Å². The third kappa shape index (κ3) is 4.05. The van der Waals surface area contributed by atoms with Gasteiger partial charge in [0.05, 0.1) is 0 Å². The molecule has 0 aromatic heterocycles. The van der Waals surface area contributed by atoms with Gasteiger partial charge in [-0.3, -0.25) is 0 Å². The van der Waals surface area contributed by atoms with E-state index < -0.39 is 0 Å². The van der Waals surface area contributed by atoms with Crippen LogP contribution < -0.4 is 10.6 Å². The Morgan fingerprint density at radius 3 is 2.05 bits per heavy atom. The molecule has 2 aromatic rings. The van der Waals surface area contributed by atoms with Crippen molar-refractivity contribution in [3.8, 4) is 0 Å². The van der Waals surface area contributed by atoms with Crippen LogP contribution >= 0.6 is 12.2 Å². The van der Waals surface area contributed by atoms with Crippen LogP contribution in [0.3, 0.4) is 0 Å². The van der Waals surface area contributed by atoms with E-state index in [0.29, 0.717) is 5.11 Å². The van der Waals surface area contributed by atoms with Gasteiger partial charge in [0.15, 0.2) is 5.11 Å². The molecular formula is C18H22N2S. The molecule has 0 spiro atoms. The third-order valence-corrected chi connectivity index (χ3v) is 3.74. The van der Waals surface area contributed by atoms with Gasteiger partial charge in [0, 0.05) is 11.4 Å². The van der Waals surface area contributed by atoms with E-state index in [2.05, 4.69) is 74.7 Å². The van der Waals surface area contributed by atoms with E-state index in [-0.39, 0.29) is 0 Å². The molecule has 3 heteroatoms. The van der Waals surface area contributed by atoms with Gasteiger partial charge in [0.2, 0.25) is 0 Å². The second kappa shape index (κ2) is 6.72. The lowest BCUT2D eigenvalue weighted by Crippen LogP contribution is -2.20. The summed E-state index contributed by atoms with van der Waals surface area (Å²) < 4.78 is 0. The molecular weight excluding hydrogens is 276 g/mol. The molecule has 2 N–H and O–H groups in total. The molecule has 0 unspecified atom stereocenters. The van der Waals surface area contributed by atoms with Crippen molar-refractivity contribution in [1.82, 2.24) is 0 Å². The van der Waals surface area contributed by atoms with Gasteiger partial charge in [-0.05, 0) is 68.2 Å². The Bertz CT molecular complexity index is 622. The third-order valence-electron chi connectivity index (χ3n) is 3.54. The molecule has 110 valence electrons. The van der Waals surface area contributed by atoms with E-state index in [1.54, 1.807) is 0 Å². The monoisotopic (exact) mass is 298 g/mol. The molecule has 0 bridgehead atoms. The molecule has 0 atom stereocenters. The maximum absolute atomic E-state index is 5.41. The molecule has 0 saturated heterocycles. The van der Waals surface area contributed by atoms with Gasteiger partial charge < -0.3 is 10.6 Å². The maximum Gasteiger partial charge on any atom is 0.175 e. The zero-order chi connectivity index (χ0) is 15.4. The summed E-state index contributed by atoms with van der Waals surface area (Å²) in [5, 5.41) is 7.15. The Hall–Kier alpha value is -1.87. The van der Waals surface area contributed by atoms with Crippen LogP contribution in [0.4, 0.5) is 11.4 Å². The molecule has 0 radical (unpaired) electrons. The van der Waals surface area contributed by atoms with Gasteiger partial charge in [0.1, 0.15) is 0 Å². The first-order chi connectivity index (χ1) is 9.99. The summed E-state index contributed by atoms with van der Waals surface area (Å²) in [5.41, 5.74) is 7.10. The highest BCUT2D eigenvalue weighted by Gasteiger charge is 2.06. The minimum Gasteiger partial charge on any atom is -0.332 e. The van der Waals surface area contributed by atoms with E-state index >= 15 is 0 Å². The Morgan fingerprint density at radius 2 is 1.52 bits per heavy atom. The lowest BCUT2D eigenvalue weighted by Gasteiger charge is -2.16. The number of hydrogen-bond donors (Lipinski definition) is 2. The highest BCUT2D eigenvalue weighted by molar-refractivity contribution is 7.80. The summed E-state index contributed by atoms with van der Waals surface area (Å²) in [4.78, 5) is 0. The van der Waals surface area contributed by atoms with Crippen LogP contribution in [0.25, 0.3) is 0 Å². The van der Waals surface area contributed by atoms with Crippen LogP contribution in [0.15, 0.2) is 36.4 Å². The van der Waals surface area contributed by atoms with E-state index in [9.17, 15) is 0 Å². The lowest BCUT2D eigenvalue weighted by molar-refractivity contribution is 1.14. The van der Waals surface area contributed by atoms with Crippen molar-refractivity contribution in [2.24, 2.45) is 0 Å². The predicted octanol–water partition coefficient (Wildman–Crippen LogP) is 4.98. The lowest BCUT2D eigenvalue weighted by atomic mass is 10.1. The second-order valence-corrected chi connectivity index (χ2v) is 5.81. The van der Waals surface area contributed by atoms with Gasteiger partial charge in [-0.15, -0.1) is 0 Å². The average molecular weight is 298 g/mol. The summed E-state index contributed by atoms with van der Waals surface area (Å²) in [5.74, 6) is 0. The van der Waals surface area contributed by atoms with E-state index in [4.69, 9.17) is 12.2 Å². The Kier molecular flexibility index (Phi) is 4.97. The fourth-order valence-electron chi connectivity index (χ4n) is 2.48. The quantitative estimate of drug-likeness (QED) is 0.781. The highest BCUT2D eigenvalue weighted by atomic mass is 32.1. The van der Waals surface area contributed by atoms with Gasteiger partial charge in [-0.25, -0.2) is 0 Å². The maximum atomic E-state index is 5.41. The first-order valence-corrected chi connectivity index (χ1v) is 7.65. The van der Waals surface area contributed by atoms with Crippen molar-refractivity contribution < 1.29 is 0 Å². The number of hydrogen-bond acceptors (Lipinski definition) is 1. The fourth-order valence-corrected chi connectivity index (χ4v) is 2.70. The molecule has 0 aliphatic carbocycles. The van der Waals surface area contributed by atoms with Crippen LogP contribution in [0.2, 0.25) is 0 Å².